The van der Waals surface area contributed by atoms with Gasteiger partial charge in [-0.2, -0.15) is 5.26 Å². The molecule has 2 rings (SSSR count). The van der Waals surface area contributed by atoms with Crippen molar-refractivity contribution in [1.82, 2.24) is 9.97 Å². The predicted octanol–water partition coefficient (Wildman–Crippen LogP) is 2.50. The van der Waals surface area contributed by atoms with Gasteiger partial charge in [0.2, 0.25) is 0 Å². The summed E-state index contributed by atoms with van der Waals surface area (Å²) in [5, 5.41) is 11.2. The SMILES string of the molecule is Cc1ccsc1C(C#N)c1ccncn1. The minimum atomic E-state index is -0.270. The first-order valence-corrected chi connectivity index (χ1v) is 5.40. The Labute approximate surface area is 92.1 Å². The molecule has 0 aliphatic rings. The molecule has 2 aromatic heterocycles. The van der Waals surface area contributed by atoms with E-state index in [1.54, 1.807) is 23.6 Å². The standard InChI is InChI=1S/C11H9N3S/c1-8-3-5-15-11(8)9(6-12)10-2-4-13-7-14-10/h2-5,7,9H,1H3. The normalized spacial score (nSPS) is 12.0. The van der Waals surface area contributed by atoms with Crippen LogP contribution in [-0.2, 0) is 0 Å². The number of aryl methyl sites for hydroxylation is 1. The van der Waals surface area contributed by atoms with Crippen LogP contribution in [0.5, 0.6) is 0 Å². The largest absolute Gasteiger partial charge is 0.245 e. The Morgan fingerprint density at radius 3 is 2.87 bits per heavy atom. The zero-order valence-electron chi connectivity index (χ0n) is 8.21. The van der Waals surface area contributed by atoms with Crippen molar-refractivity contribution in [2.45, 2.75) is 12.8 Å². The molecule has 2 aromatic rings. The quantitative estimate of drug-likeness (QED) is 0.773. The molecule has 74 valence electrons. The fourth-order valence-corrected chi connectivity index (χ4v) is 2.39. The Bertz CT molecular complexity index is 484. The minimum absolute atomic E-state index is 0.270. The maximum atomic E-state index is 9.17. The van der Waals surface area contributed by atoms with Crippen LogP contribution < -0.4 is 0 Å². The van der Waals surface area contributed by atoms with Gasteiger partial charge in [0.15, 0.2) is 0 Å². The Balaban J connectivity index is 2.43. The number of rotatable bonds is 2. The van der Waals surface area contributed by atoms with Gasteiger partial charge in [-0.1, -0.05) is 0 Å². The van der Waals surface area contributed by atoms with Gasteiger partial charge in [-0.05, 0) is 30.0 Å². The lowest BCUT2D eigenvalue weighted by Gasteiger charge is -2.06. The summed E-state index contributed by atoms with van der Waals surface area (Å²) in [6, 6.07) is 6.09. The molecule has 1 atom stereocenters. The van der Waals surface area contributed by atoms with E-state index < -0.39 is 0 Å². The number of thiophene rings is 1. The van der Waals surface area contributed by atoms with Crippen LogP contribution in [0.15, 0.2) is 30.0 Å². The molecule has 3 nitrogen and oxygen atoms in total. The molecule has 0 spiro atoms. The highest BCUT2D eigenvalue weighted by atomic mass is 32.1. The van der Waals surface area contributed by atoms with Gasteiger partial charge in [0.05, 0.1) is 11.8 Å². The van der Waals surface area contributed by atoms with E-state index in [1.807, 2.05) is 18.4 Å². The van der Waals surface area contributed by atoms with E-state index in [0.29, 0.717) is 0 Å². The number of nitrogens with zero attached hydrogens (tertiary/aromatic N) is 3. The van der Waals surface area contributed by atoms with Crippen molar-refractivity contribution < 1.29 is 0 Å². The number of nitriles is 1. The lowest BCUT2D eigenvalue weighted by atomic mass is 10.0. The smallest absolute Gasteiger partial charge is 0.123 e. The Morgan fingerprint density at radius 1 is 1.47 bits per heavy atom. The van der Waals surface area contributed by atoms with Crippen LogP contribution in [0.2, 0.25) is 0 Å². The summed E-state index contributed by atoms with van der Waals surface area (Å²) < 4.78 is 0. The van der Waals surface area contributed by atoms with Crippen molar-refractivity contribution in [3.8, 4) is 6.07 Å². The summed E-state index contributed by atoms with van der Waals surface area (Å²) in [6.45, 7) is 2.01. The monoisotopic (exact) mass is 215 g/mol. The van der Waals surface area contributed by atoms with Gasteiger partial charge < -0.3 is 0 Å². The predicted molar refractivity (Wildman–Crippen MR) is 58.5 cm³/mol. The molecule has 0 aliphatic heterocycles. The van der Waals surface area contributed by atoms with Crippen molar-refractivity contribution in [1.29, 1.82) is 5.26 Å². The van der Waals surface area contributed by atoms with Gasteiger partial charge in [-0.15, -0.1) is 11.3 Å². The number of hydrogen-bond donors (Lipinski definition) is 0. The molecular formula is C11H9N3S. The third kappa shape index (κ3) is 1.88. The Morgan fingerprint density at radius 2 is 2.33 bits per heavy atom. The number of hydrogen-bond acceptors (Lipinski definition) is 4. The van der Waals surface area contributed by atoms with Crippen molar-refractivity contribution in [3.63, 3.8) is 0 Å². The molecule has 0 aliphatic carbocycles. The lowest BCUT2D eigenvalue weighted by Crippen LogP contribution is -2.00. The van der Waals surface area contributed by atoms with Crippen molar-refractivity contribution in [3.05, 3.63) is 46.2 Å². The summed E-state index contributed by atoms with van der Waals surface area (Å²) in [7, 11) is 0. The molecular weight excluding hydrogens is 206 g/mol. The highest BCUT2D eigenvalue weighted by Crippen LogP contribution is 2.29. The van der Waals surface area contributed by atoms with E-state index >= 15 is 0 Å². The molecule has 2 heterocycles. The summed E-state index contributed by atoms with van der Waals surface area (Å²) in [5.74, 6) is -0.270. The Hall–Kier alpha value is -1.73. The summed E-state index contributed by atoms with van der Waals surface area (Å²) in [5.41, 5.74) is 1.91. The fraction of sp³-hybridized carbons (Fsp3) is 0.182. The van der Waals surface area contributed by atoms with E-state index in [1.165, 1.54) is 6.33 Å². The van der Waals surface area contributed by atoms with Crippen LogP contribution in [0, 0.1) is 18.3 Å². The second-order valence-electron chi connectivity index (χ2n) is 3.16. The van der Waals surface area contributed by atoms with E-state index in [9.17, 15) is 5.26 Å². The lowest BCUT2D eigenvalue weighted by molar-refractivity contribution is 0.953. The molecule has 0 aromatic carbocycles. The average molecular weight is 215 g/mol. The summed E-state index contributed by atoms with van der Waals surface area (Å²) >= 11 is 1.59. The van der Waals surface area contributed by atoms with Crippen LogP contribution in [0.3, 0.4) is 0 Å². The molecule has 1 unspecified atom stereocenters. The van der Waals surface area contributed by atoms with Gasteiger partial charge in [-0.25, -0.2) is 9.97 Å². The van der Waals surface area contributed by atoms with E-state index in [-0.39, 0.29) is 5.92 Å². The first-order valence-electron chi connectivity index (χ1n) is 4.52. The maximum Gasteiger partial charge on any atom is 0.123 e. The summed E-state index contributed by atoms with van der Waals surface area (Å²) in [4.78, 5) is 9.03. The highest BCUT2D eigenvalue weighted by Gasteiger charge is 2.17. The second-order valence-corrected chi connectivity index (χ2v) is 4.11. The van der Waals surface area contributed by atoms with Crippen molar-refractivity contribution in [2.75, 3.05) is 0 Å². The zero-order chi connectivity index (χ0) is 10.7. The molecule has 0 N–H and O–H groups in total. The second kappa shape index (κ2) is 4.20. The van der Waals surface area contributed by atoms with Gasteiger partial charge in [0.1, 0.15) is 12.2 Å². The van der Waals surface area contributed by atoms with Gasteiger partial charge in [0, 0.05) is 11.1 Å². The van der Waals surface area contributed by atoms with Gasteiger partial charge in [0.25, 0.3) is 0 Å². The van der Waals surface area contributed by atoms with Crippen LogP contribution in [0.1, 0.15) is 22.1 Å². The minimum Gasteiger partial charge on any atom is -0.245 e. The van der Waals surface area contributed by atoms with Gasteiger partial charge in [-0.3, -0.25) is 0 Å². The van der Waals surface area contributed by atoms with Crippen molar-refractivity contribution >= 4 is 11.3 Å². The molecule has 0 saturated carbocycles. The molecule has 0 amide bonds. The average Bonchev–Trinajstić information content (AvgIpc) is 2.68. The third-order valence-corrected chi connectivity index (χ3v) is 3.28. The van der Waals surface area contributed by atoms with Crippen LogP contribution in [0.4, 0.5) is 0 Å². The van der Waals surface area contributed by atoms with Crippen molar-refractivity contribution in [2.24, 2.45) is 0 Å². The topological polar surface area (TPSA) is 49.6 Å². The molecule has 0 bridgehead atoms. The van der Waals surface area contributed by atoms with Crippen LogP contribution >= 0.6 is 11.3 Å². The van der Waals surface area contributed by atoms with E-state index in [4.69, 9.17) is 0 Å². The first-order chi connectivity index (χ1) is 7.33. The number of aromatic nitrogens is 2. The zero-order valence-corrected chi connectivity index (χ0v) is 9.03. The molecule has 0 radical (unpaired) electrons. The fourth-order valence-electron chi connectivity index (χ4n) is 1.41. The third-order valence-electron chi connectivity index (χ3n) is 2.19. The molecule has 0 fully saturated rings. The first kappa shape index (κ1) is 9.81. The maximum absolute atomic E-state index is 9.17. The van der Waals surface area contributed by atoms with Crippen LogP contribution in [0.25, 0.3) is 0 Å². The highest BCUT2D eigenvalue weighted by molar-refractivity contribution is 7.10. The molecule has 0 saturated heterocycles. The Kier molecular flexibility index (Phi) is 2.75. The van der Waals surface area contributed by atoms with Crippen LogP contribution in [-0.4, -0.2) is 9.97 Å². The summed E-state index contributed by atoms with van der Waals surface area (Å²) in [6.07, 6.45) is 3.14. The van der Waals surface area contributed by atoms with E-state index in [0.717, 1.165) is 16.1 Å². The van der Waals surface area contributed by atoms with E-state index in [2.05, 4.69) is 16.0 Å². The molecule has 4 heteroatoms. The molecule has 15 heavy (non-hydrogen) atoms. The van der Waals surface area contributed by atoms with Gasteiger partial charge >= 0.3 is 0 Å².